The van der Waals surface area contributed by atoms with E-state index in [0.29, 0.717) is 13.3 Å². The molecule has 1 aromatic carbocycles. The van der Waals surface area contributed by atoms with Crippen LogP contribution in [-0.4, -0.2) is 60.3 Å². The van der Waals surface area contributed by atoms with E-state index in [2.05, 4.69) is 46.1 Å². The van der Waals surface area contributed by atoms with Gasteiger partial charge in [0.25, 0.3) is 0 Å². The average molecular weight is 529 g/mol. The first-order chi connectivity index (χ1) is 13.7. The van der Waals surface area contributed by atoms with E-state index in [0.717, 1.165) is 61.7 Å². The number of nitrogens with one attached hydrogen (secondary N) is 1. The van der Waals surface area contributed by atoms with E-state index < -0.39 is 0 Å². The third-order valence-corrected chi connectivity index (χ3v) is 5.78. The third kappa shape index (κ3) is 5.73. The second kappa shape index (κ2) is 10.4. The Balaban J connectivity index is 0.00000240. The van der Waals surface area contributed by atoms with Gasteiger partial charge in [0.15, 0.2) is 17.5 Å². The Morgan fingerprint density at radius 1 is 1.21 bits per heavy atom. The molecule has 1 fully saturated rings. The average Bonchev–Trinajstić information content (AvgIpc) is 3.34. The van der Waals surface area contributed by atoms with Crippen molar-refractivity contribution in [2.24, 2.45) is 4.99 Å². The van der Waals surface area contributed by atoms with Gasteiger partial charge in [-0.25, -0.2) is 9.98 Å². The van der Waals surface area contributed by atoms with E-state index in [4.69, 9.17) is 14.5 Å². The van der Waals surface area contributed by atoms with Gasteiger partial charge in [-0.05, 0) is 31.5 Å². The van der Waals surface area contributed by atoms with Crippen LogP contribution in [0.5, 0.6) is 11.5 Å². The molecule has 2 aromatic rings. The van der Waals surface area contributed by atoms with Crippen molar-refractivity contribution in [3.05, 3.63) is 39.8 Å². The summed E-state index contributed by atoms with van der Waals surface area (Å²) in [5.74, 6) is 2.68. The molecule has 2 aliphatic heterocycles. The van der Waals surface area contributed by atoms with Gasteiger partial charge in [0.1, 0.15) is 5.01 Å². The first-order valence-corrected chi connectivity index (χ1v) is 10.6. The summed E-state index contributed by atoms with van der Waals surface area (Å²) in [7, 11) is 0. The second-order valence-electron chi connectivity index (χ2n) is 6.99. The number of benzene rings is 1. The molecule has 0 saturated carbocycles. The zero-order valence-electron chi connectivity index (χ0n) is 16.9. The molecule has 7 nitrogen and oxygen atoms in total. The fourth-order valence-electron chi connectivity index (χ4n) is 3.46. The van der Waals surface area contributed by atoms with E-state index in [-0.39, 0.29) is 24.0 Å². The predicted octanol–water partition coefficient (Wildman–Crippen LogP) is 3.08. The highest BCUT2D eigenvalue weighted by atomic mass is 127. The van der Waals surface area contributed by atoms with Crippen molar-refractivity contribution in [3.8, 4) is 11.5 Å². The number of fused-ring (bicyclic) bond motifs is 1. The summed E-state index contributed by atoms with van der Waals surface area (Å²) in [5, 5.41) is 4.49. The molecule has 29 heavy (non-hydrogen) atoms. The Bertz CT molecular complexity index is 836. The van der Waals surface area contributed by atoms with Crippen LogP contribution in [0.25, 0.3) is 0 Å². The molecule has 9 heteroatoms. The highest BCUT2D eigenvalue weighted by Gasteiger charge is 2.21. The summed E-state index contributed by atoms with van der Waals surface area (Å²) in [5.41, 5.74) is 1.26. The second-order valence-corrected chi connectivity index (χ2v) is 8.30. The molecule has 0 radical (unpaired) electrons. The summed E-state index contributed by atoms with van der Waals surface area (Å²) in [4.78, 5) is 15.3. The number of guanidine groups is 1. The SMILES string of the molecule is CCNC(=NCc1ncc(C)s1)N1CCN(Cc2ccc3c(c2)OCO3)CC1.I. The Morgan fingerprint density at radius 3 is 2.72 bits per heavy atom. The summed E-state index contributed by atoms with van der Waals surface area (Å²) < 4.78 is 10.9. The molecule has 0 aliphatic carbocycles. The van der Waals surface area contributed by atoms with Gasteiger partial charge < -0.3 is 19.7 Å². The molecule has 0 bridgehead atoms. The van der Waals surface area contributed by atoms with Crippen molar-refractivity contribution in [1.29, 1.82) is 0 Å². The van der Waals surface area contributed by atoms with Crippen LogP contribution in [0, 0.1) is 6.92 Å². The van der Waals surface area contributed by atoms with Crippen molar-refractivity contribution < 1.29 is 9.47 Å². The van der Waals surface area contributed by atoms with Gasteiger partial charge in [0.05, 0.1) is 6.54 Å². The fourth-order valence-corrected chi connectivity index (χ4v) is 4.17. The van der Waals surface area contributed by atoms with Crippen LogP contribution in [0.4, 0.5) is 0 Å². The van der Waals surface area contributed by atoms with Gasteiger partial charge in [-0.1, -0.05) is 6.07 Å². The normalized spacial score (nSPS) is 16.6. The van der Waals surface area contributed by atoms with Gasteiger partial charge in [-0.15, -0.1) is 35.3 Å². The largest absolute Gasteiger partial charge is 0.454 e. The van der Waals surface area contributed by atoms with Crippen molar-refractivity contribution in [1.82, 2.24) is 20.1 Å². The van der Waals surface area contributed by atoms with Crippen molar-refractivity contribution in [2.45, 2.75) is 26.9 Å². The number of hydrogen-bond donors (Lipinski definition) is 1. The molecule has 2 aliphatic rings. The number of halogens is 1. The third-order valence-electron chi connectivity index (χ3n) is 4.88. The van der Waals surface area contributed by atoms with Gasteiger partial charge in [0, 0.05) is 50.3 Å². The lowest BCUT2D eigenvalue weighted by atomic mass is 10.1. The first-order valence-electron chi connectivity index (χ1n) is 9.76. The number of aromatic nitrogens is 1. The molecule has 158 valence electrons. The highest BCUT2D eigenvalue weighted by molar-refractivity contribution is 14.0. The smallest absolute Gasteiger partial charge is 0.231 e. The number of ether oxygens (including phenoxy) is 2. The van der Waals surface area contributed by atoms with Crippen LogP contribution in [0.2, 0.25) is 0 Å². The minimum Gasteiger partial charge on any atom is -0.454 e. The van der Waals surface area contributed by atoms with Crippen LogP contribution in [0.15, 0.2) is 29.4 Å². The lowest BCUT2D eigenvalue weighted by molar-refractivity contribution is 0.171. The number of aryl methyl sites for hydroxylation is 1. The van der Waals surface area contributed by atoms with Crippen LogP contribution >= 0.6 is 35.3 Å². The molecule has 1 N–H and O–H groups in total. The molecule has 0 atom stereocenters. The Morgan fingerprint density at radius 2 is 2.00 bits per heavy atom. The van der Waals surface area contributed by atoms with Gasteiger partial charge in [-0.2, -0.15) is 0 Å². The number of piperazine rings is 1. The summed E-state index contributed by atoms with van der Waals surface area (Å²) in [6, 6.07) is 6.22. The van der Waals surface area contributed by atoms with E-state index in [1.54, 1.807) is 11.3 Å². The maximum atomic E-state index is 5.49. The van der Waals surface area contributed by atoms with Crippen LogP contribution < -0.4 is 14.8 Å². The van der Waals surface area contributed by atoms with Crippen molar-refractivity contribution >= 4 is 41.3 Å². The monoisotopic (exact) mass is 529 g/mol. The lowest BCUT2D eigenvalue weighted by Gasteiger charge is -2.36. The lowest BCUT2D eigenvalue weighted by Crippen LogP contribution is -2.52. The van der Waals surface area contributed by atoms with Gasteiger partial charge >= 0.3 is 0 Å². The Kier molecular flexibility index (Phi) is 7.96. The zero-order chi connectivity index (χ0) is 19.3. The van der Waals surface area contributed by atoms with Crippen LogP contribution in [-0.2, 0) is 13.1 Å². The zero-order valence-corrected chi connectivity index (χ0v) is 20.0. The molecular formula is C20H28IN5O2S. The molecule has 1 aromatic heterocycles. The number of thiazole rings is 1. The molecule has 4 rings (SSSR count). The molecule has 3 heterocycles. The maximum Gasteiger partial charge on any atom is 0.231 e. The Hall–Kier alpha value is -1.59. The number of rotatable bonds is 5. The first kappa shape index (κ1) is 22.1. The minimum atomic E-state index is 0. The molecular weight excluding hydrogens is 501 g/mol. The summed E-state index contributed by atoms with van der Waals surface area (Å²) in [6.45, 7) is 10.9. The topological polar surface area (TPSA) is 62.2 Å². The molecule has 0 amide bonds. The highest BCUT2D eigenvalue weighted by Crippen LogP contribution is 2.32. The summed E-state index contributed by atoms with van der Waals surface area (Å²) >= 11 is 1.71. The van der Waals surface area contributed by atoms with E-state index in [1.165, 1.54) is 10.4 Å². The molecule has 1 saturated heterocycles. The predicted molar refractivity (Wildman–Crippen MR) is 126 cm³/mol. The quantitative estimate of drug-likeness (QED) is 0.365. The van der Waals surface area contributed by atoms with E-state index >= 15 is 0 Å². The van der Waals surface area contributed by atoms with Gasteiger partial charge in [0.2, 0.25) is 6.79 Å². The van der Waals surface area contributed by atoms with E-state index in [1.807, 2.05) is 12.3 Å². The molecule has 0 spiro atoms. The number of hydrogen-bond acceptors (Lipinski definition) is 6. The summed E-state index contributed by atoms with van der Waals surface area (Å²) in [6.07, 6.45) is 1.91. The fraction of sp³-hybridized carbons (Fsp3) is 0.500. The molecule has 0 unspecified atom stereocenters. The Labute approximate surface area is 193 Å². The van der Waals surface area contributed by atoms with Crippen molar-refractivity contribution in [3.63, 3.8) is 0 Å². The van der Waals surface area contributed by atoms with Crippen LogP contribution in [0.1, 0.15) is 22.4 Å². The minimum absolute atomic E-state index is 0. The van der Waals surface area contributed by atoms with Gasteiger partial charge in [-0.3, -0.25) is 4.90 Å². The number of nitrogens with zero attached hydrogens (tertiary/aromatic N) is 4. The maximum absolute atomic E-state index is 5.49. The van der Waals surface area contributed by atoms with Crippen LogP contribution in [0.3, 0.4) is 0 Å². The van der Waals surface area contributed by atoms with Crippen molar-refractivity contribution in [2.75, 3.05) is 39.5 Å². The van der Waals surface area contributed by atoms with E-state index in [9.17, 15) is 0 Å². The number of aliphatic imine (C=N–C) groups is 1. The standard InChI is InChI=1S/C20H27N5O2S.HI/c1-3-21-20(23-12-19-22-11-15(2)28-19)25-8-6-24(7-9-25)13-16-4-5-17-18(10-16)27-14-26-17;/h4-5,10-11H,3,6-9,12-14H2,1-2H3,(H,21,23);1H.